The molecular weight excluding hydrogens is 814 g/mol. The first-order chi connectivity index (χ1) is 30.5. The van der Waals surface area contributed by atoms with Crippen LogP contribution in [-0.2, 0) is 37.4 Å². The van der Waals surface area contributed by atoms with Crippen molar-refractivity contribution in [3.8, 4) is 0 Å². The summed E-state index contributed by atoms with van der Waals surface area (Å²) in [5.41, 5.74) is 0. The van der Waals surface area contributed by atoms with Crippen LogP contribution in [0.1, 0.15) is 206 Å². The summed E-state index contributed by atoms with van der Waals surface area (Å²) in [6.07, 6.45) is 50.3. The van der Waals surface area contributed by atoms with E-state index in [0.29, 0.717) is 23.9 Å². The molecule has 1 heterocycles. The second-order valence-electron chi connectivity index (χ2n) is 18.6. The van der Waals surface area contributed by atoms with Gasteiger partial charge in [0.25, 0.3) is 7.82 Å². The van der Waals surface area contributed by atoms with Gasteiger partial charge in [0.05, 0.1) is 40.0 Å². The molecule has 0 aliphatic carbocycles. The molecule has 0 N–H and O–H groups in total. The molecule has 0 spiro atoms. The summed E-state index contributed by atoms with van der Waals surface area (Å²) in [6, 6.07) is 0. The molecule has 63 heavy (non-hydrogen) atoms. The number of ether oxygens (including phenoxy) is 3. The molecule has 1 rings (SSSR count). The molecule has 1 saturated heterocycles. The summed E-state index contributed by atoms with van der Waals surface area (Å²) >= 11 is 0. The Kier molecular flexibility index (Phi) is 37.6. The standard InChI is InChI=1S/C52H94NO9P/c1-6-8-10-12-14-16-17-18-19-20-21-22-23-24-25-26-27-29-31-33-39-43-52(55)61-48(47-60-63(56,57)59-45-44-53(3,4)5)46-58-51(54)42-38-35-34-37-41-50-49(62-50)40-36-32-30-28-15-13-11-9-7-2/h15,18-19,28,32,34,36-37,48-50H,6-14,16-17,20-27,29-31,33,35,38-47H2,1-5H3/b19-18-,28-15-,36-32-,37-34-/t48-,49?,50?/m1/s1. The number of carbonyl (C=O) groups excluding carboxylic acids is 2. The minimum atomic E-state index is -4.65. The quantitative estimate of drug-likeness (QED) is 0.0147. The maximum Gasteiger partial charge on any atom is 0.306 e. The first kappa shape index (κ1) is 58.9. The number of unbranched alkanes of at least 4 members (excludes halogenated alkanes) is 21. The smallest absolute Gasteiger partial charge is 0.306 e. The molecule has 0 aromatic heterocycles. The van der Waals surface area contributed by atoms with Gasteiger partial charge < -0.3 is 32.6 Å². The lowest BCUT2D eigenvalue weighted by Gasteiger charge is -2.28. The number of esters is 2. The van der Waals surface area contributed by atoms with Crippen LogP contribution in [0.5, 0.6) is 0 Å². The Morgan fingerprint density at radius 1 is 0.571 bits per heavy atom. The maximum absolute atomic E-state index is 12.8. The Morgan fingerprint density at radius 3 is 1.60 bits per heavy atom. The molecular formula is C52H94NO9P. The molecule has 1 fully saturated rings. The molecule has 3 unspecified atom stereocenters. The highest BCUT2D eigenvalue weighted by Gasteiger charge is 2.36. The Labute approximate surface area is 386 Å². The molecule has 0 aromatic rings. The van der Waals surface area contributed by atoms with Gasteiger partial charge in [-0.05, 0) is 77.0 Å². The van der Waals surface area contributed by atoms with E-state index in [9.17, 15) is 19.0 Å². The van der Waals surface area contributed by atoms with Crippen LogP contribution >= 0.6 is 7.82 Å². The van der Waals surface area contributed by atoms with Gasteiger partial charge in [-0.25, -0.2) is 0 Å². The SMILES string of the molecule is CCCCC/C=C\C/C=C\CC1OC1C/C=C\CCCC(=O)OC[C@H](COP(=O)([O-])OCC[N+](C)(C)C)OC(=O)CCCCCCCCCCCCC/C=C\CCCCCCCC. The van der Waals surface area contributed by atoms with Crippen molar-refractivity contribution in [3.63, 3.8) is 0 Å². The second-order valence-corrected chi connectivity index (χ2v) is 20.0. The van der Waals surface area contributed by atoms with Crippen molar-refractivity contribution in [1.29, 1.82) is 0 Å². The molecule has 0 bridgehead atoms. The van der Waals surface area contributed by atoms with E-state index in [1.54, 1.807) is 0 Å². The van der Waals surface area contributed by atoms with Gasteiger partial charge in [0, 0.05) is 12.8 Å². The topological polar surface area (TPSA) is 124 Å². The highest BCUT2D eigenvalue weighted by molar-refractivity contribution is 7.45. The van der Waals surface area contributed by atoms with Crippen LogP contribution < -0.4 is 4.89 Å². The molecule has 0 amide bonds. The van der Waals surface area contributed by atoms with Crippen LogP contribution in [0.2, 0.25) is 0 Å². The highest BCUT2D eigenvalue weighted by Crippen LogP contribution is 2.38. The van der Waals surface area contributed by atoms with E-state index in [0.717, 1.165) is 51.4 Å². The second kappa shape index (κ2) is 40.2. The third kappa shape index (κ3) is 41.1. The van der Waals surface area contributed by atoms with E-state index in [-0.39, 0.29) is 38.3 Å². The summed E-state index contributed by atoms with van der Waals surface area (Å²) in [5.74, 6) is -0.906. The largest absolute Gasteiger partial charge is 0.756 e. The fourth-order valence-corrected chi connectivity index (χ4v) is 7.82. The number of rotatable bonds is 45. The third-order valence-electron chi connectivity index (χ3n) is 11.2. The van der Waals surface area contributed by atoms with Crippen molar-refractivity contribution >= 4 is 19.8 Å². The molecule has 0 radical (unpaired) electrons. The zero-order chi connectivity index (χ0) is 46.1. The summed E-state index contributed by atoms with van der Waals surface area (Å²) in [5, 5.41) is 0. The Hall–Kier alpha value is -2.07. The van der Waals surface area contributed by atoms with Crippen LogP contribution in [-0.4, -0.2) is 82.2 Å². The number of quaternary nitrogens is 1. The van der Waals surface area contributed by atoms with Gasteiger partial charge in [-0.15, -0.1) is 0 Å². The van der Waals surface area contributed by atoms with Crippen LogP contribution in [0.4, 0.5) is 0 Å². The molecule has 10 nitrogen and oxygen atoms in total. The van der Waals surface area contributed by atoms with Gasteiger partial charge in [0.1, 0.15) is 19.8 Å². The van der Waals surface area contributed by atoms with Crippen LogP contribution in [0.3, 0.4) is 0 Å². The lowest BCUT2D eigenvalue weighted by Crippen LogP contribution is -2.37. The average Bonchev–Trinajstić information content (AvgIpc) is 4.00. The van der Waals surface area contributed by atoms with E-state index < -0.39 is 32.5 Å². The first-order valence-corrected chi connectivity index (χ1v) is 26.9. The van der Waals surface area contributed by atoms with Gasteiger partial charge in [-0.2, -0.15) is 0 Å². The number of phosphoric ester groups is 1. The van der Waals surface area contributed by atoms with Gasteiger partial charge >= 0.3 is 11.9 Å². The van der Waals surface area contributed by atoms with E-state index in [2.05, 4.69) is 62.5 Å². The fraction of sp³-hybridized carbons (Fsp3) is 0.808. The van der Waals surface area contributed by atoms with Gasteiger partial charge in [0.15, 0.2) is 6.10 Å². The van der Waals surface area contributed by atoms with Crippen LogP contribution in [0.25, 0.3) is 0 Å². The molecule has 366 valence electrons. The minimum absolute atomic E-state index is 0.0430. The van der Waals surface area contributed by atoms with Gasteiger partial charge in [0.2, 0.25) is 0 Å². The normalized spacial score (nSPS) is 17.0. The number of allylic oxidation sites excluding steroid dienone is 6. The first-order valence-electron chi connectivity index (χ1n) is 25.5. The Morgan fingerprint density at radius 2 is 1.02 bits per heavy atom. The monoisotopic (exact) mass is 908 g/mol. The predicted octanol–water partition coefficient (Wildman–Crippen LogP) is 13.4. The summed E-state index contributed by atoms with van der Waals surface area (Å²) in [6.45, 7) is 4.13. The van der Waals surface area contributed by atoms with Crippen molar-refractivity contribution in [3.05, 3.63) is 48.6 Å². The lowest BCUT2D eigenvalue weighted by atomic mass is 10.0. The fourth-order valence-electron chi connectivity index (χ4n) is 7.10. The van der Waals surface area contributed by atoms with E-state index in [1.165, 1.54) is 116 Å². The van der Waals surface area contributed by atoms with Crippen molar-refractivity contribution in [2.24, 2.45) is 0 Å². The molecule has 1 aliphatic heterocycles. The van der Waals surface area contributed by atoms with Gasteiger partial charge in [-0.1, -0.05) is 165 Å². The van der Waals surface area contributed by atoms with E-state index in [4.69, 9.17) is 23.3 Å². The number of likely N-dealkylation sites (N-methyl/N-ethyl adjacent to an activating group) is 1. The summed E-state index contributed by atoms with van der Waals surface area (Å²) in [4.78, 5) is 37.7. The van der Waals surface area contributed by atoms with E-state index >= 15 is 0 Å². The number of phosphoric acid groups is 1. The Bertz CT molecular complexity index is 1280. The average molecular weight is 908 g/mol. The van der Waals surface area contributed by atoms with Crippen molar-refractivity contribution in [2.45, 2.75) is 225 Å². The number of carbonyl (C=O) groups is 2. The molecule has 11 heteroatoms. The maximum atomic E-state index is 12.8. The number of epoxide rings is 1. The Balaban J connectivity index is 2.25. The predicted molar refractivity (Wildman–Crippen MR) is 258 cm³/mol. The van der Waals surface area contributed by atoms with Crippen LogP contribution in [0.15, 0.2) is 48.6 Å². The number of hydrogen-bond acceptors (Lipinski definition) is 9. The number of nitrogens with zero attached hydrogens (tertiary/aromatic N) is 1. The van der Waals surface area contributed by atoms with Gasteiger partial charge in [-0.3, -0.25) is 14.2 Å². The zero-order valence-corrected chi connectivity index (χ0v) is 41.9. The molecule has 0 saturated carbocycles. The van der Waals surface area contributed by atoms with Crippen molar-refractivity contribution < 1.29 is 46.8 Å². The summed E-state index contributed by atoms with van der Waals surface area (Å²) in [7, 11) is 1.13. The molecule has 0 aromatic carbocycles. The molecule has 1 aliphatic rings. The van der Waals surface area contributed by atoms with E-state index in [1.807, 2.05) is 21.1 Å². The number of hydrogen-bond donors (Lipinski definition) is 0. The summed E-state index contributed by atoms with van der Waals surface area (Å²) < 4.78 is 39.8. The highest BCUT2D eigenvalue weighted by atomic mass is 31.2. The lowest BCUT2D eigenvalue weighted by molar-refractivity contribution is -0.870. The van der Waals surface area contributed by atoms with Crippen LogP contribution in [0, 0.1) is 0 Å². The van der Waals surface area contributed by atoms with Crippen molar-refractivity contribution in [1.82, 2.24) is 0 Å². The molecule has 4 atom stereocenters. The minimum Gasteiger partial charge on any atom is -0.756 e. The van der Waals surface area contributed by atoms with Crippen molar-refractivity contribution in [2.75, 3.05) is 47.5 Å². The zero-order valence-electron chi connectivity index (χ0n) is 41.0. The third-order valence-corrected chi connectivity index (χ3v) is 12.2.